The van der Waals surface area contributed by atoms with E-state index in [0.29, 0.717) is 15.0 Å². The number of hydrogen-bond acceptors (Lipinski definition) is 1. The van der Waals surface area contributed by atoms with E-state index >= 15 is 0 Å². The molecule has 0 aromatic rings. The van der Waals surface area contributed by atoms with E-state index in [4.69, 9.17) is 0 Å². The second-order valence-electron chi connectivity index (χ2n) is 4.61. The Balaban J connectivity index is 2.26. The molecule has 1 aliphatic carbocycles. The van der Waals surface area contributed by atoms with Crippen LogP contribution >= 0.6 is 12.6 Å². The van der Waals surface area contributed by atoms with Crippen molar-refractivity contribution in [2.24, 2.45) is 11.8 Å². The van der Waals surface area contributed by atoms with Crippen molar-refractivity contribution in [3.8, 4) is 0 Å². The van der Waals surface area contributed by atoms with Crippen molar-refractivity contribution < 1.29 is 0 Å². The molecule has 1 fully saturated rings. The molecule has 14 heavy (non-hydrogen) atoms. The van der Waals surface area contributed by atoms with Gasteiger partial charge in [0.2, 0.25) is 0 Å². The second-order valence-corrected chi connectivity index (χ2v) is 8.00. The van der Waals surface area contributed by atoms with Gasteiger partial charge in [0.25, 0.3) is 0 Å². The molecule has 0 nitrogen and oxygen atoms in total. The van der Waals surface area contributed by atoms with E-state index in [-0.39, 0.29) is 0 Å². The average molecular weight is 277 g/mol. The van der Waals surface area contributed by atoms with Gasteiger partial charge in [-0.3, -0.25) is 0 Å². The summed E-state index contributed by atoms with van der Waals surface area (Å²) in [4.78, 5) is 0. The summed E-state index contributed by atoms with van der Waals surface area (Å²) in [7, 11) is 0. The number of allylic oxidation sites excluding steroid dienone is 1. The van der Waals surface area contributed by atoms with Crippen LogP contribution in [0.2, 0.25) is 5.32 Å². The third kappa shape index (κ3) is 5.48. The summed E-state index contributed by atoms with van der Waals surface area (Å²) in [5.74, 6) is 1.68. The Morgan fingerprint density at radius 2 is 2.00 bits per heavy atom. The van der Waals surface area contributed by atoms with Crippen LogP contribution < -0.4 is 0 Å². The molecule has 82 valence electrons. The molecule has 1 aliphatic rings. The van der Waals surface area contributed by atoms with Crippen molar-refractivity contribution in [2.75, 3.05) is 0 Å². The van der Waals surface area contributed by atoms with Crippen LogP contribution in [-0.4, -0.2) is 15.0 Å². The van der Waals surface area contributed by atoms with Gasteiger partial charge in [0.1, 0.15) is 0 Å². The fourth-order valence-corrected chi connectivity index (χ4v) is 4.06. The van der Waals surface area contributed by atoms with E-state index in [1.54, 1.807) is 0 Å². The number of hydrogen-bond donors (Lipinski definition) is 1. The summed E-state index contributed by atoms with van der Waals surface area (Å²) in [6, 6.07) is 0. The molecule has 0 atom stereocenters. The van der Waals surface area contributed by atoms with E-state index in [1.807, 2.05) is 0 Å². The Bertz CT molecular complexity index is 181. The topological polar surface area (TPSA) is 0 Å². The molecule has 0 radical (unpaired) electrons. The maximum atomic E-state index is 4.60. The Hall–Kier alpha value is 0.609. The van der Waals surface area contributed by atoms with Gasteiger partial charge in [0, 0.05) is 0 Å². The molecule has 1 saturated carbocycles. The van der Waals surface area contributed by atoms with Crippen molar-refractivity contribution in [1.29, 1.82) is 0 Å². The number of rotatable bonds is 4. The van der Waals surface area contributed by atoms with E-state index < -0.39 is 0 Å². The second kappa shape index (κ2) is 6.98. The summed E-state index contributed by atoms with van der Waals surface area (Å²) >= 11 is 5.24. The van der Waals surface area contributed by atoms with Gasteiger partial charge in [0.05, 0.1) is 0 Å². The third-order valence-corrected chi connectivity index (χ3v) is 6.07. The maximum absolute atomic E-state index is 4.60. The van der Waals surface area contributed by atoms with E-state index in [1.165, 1.54) is 41.2 Å². The van der Waals surface area contributed by atoms with Gasteiger partial charge in [-0.25, -0.2) is 0 Å². The molecule has 0 aromatic carbocycles. The molecule has 0 spiro atoms. The predicted molar refractivity (Wildman–Crippen MR) is 69.0 cm³/mol. The first-order chi connectivity index (χ1) is 6.68. The first kappa shape index (κ1) is 12.7. The van der Waals surface area contributed by atoms with Gasteiger partial charge in [-0.1, -0.05) is 0 Å². The molecule has 0 aliphatic heterocycles. The van der Waals surface area contributed by atoms with Crippen LogP contribution in [0.4, 0.5) is 0 Å². The van der Waals surface area contributed by atoms with Crippen LogP contribution in [0, 0.1) is 11.8 Å². The van der Waals surface area contributed by atoms with Crippen LogP contribution in [0.5, 0.6) is 0 Å². The fourth-order valence-electron chi connectivity index (χ4n) is 1.80. The first-order valence-electron chi connectivity index (χ1n) is 5.72. The number of thiol groups is 1. The summed E-state index contributed by atoms with van der Waals surface area (Å²) < 4.78 is 1.39. The van der Waals surface area contributed by atoms with Crippen LogP contribution in [0.3, 0.4) is 0 Å². The van der Waals surface area contributed by atoms with Crippen molar-refractivity contribution in [2.45, 2.75) is 51.3 Å². The molecule has 0 bridgehead atoms. The van der Waals surface area contributed by atoms with Crippen molar-refractivity contribution in [1.82, 2.24) is 0 Å². The molecular weight excluding hydrogens is 255 g/mol. The monoisotopic (exact) mass is 278 g/mol. The zero-order valence-electron chi connectivity index (χ0n) is 9.33. The van der Waals surface area contributed by atoms with Crippen molar-refractivity contribution in [3.63, 3.8) is 0 Å². The first-order valence-corrected chi connectivity index (χ1v) is 8.23. The van der Waals surface area contributed by atoms with Crippen molar-refractivity contribution >= 4 is 27.6 Å². The summed E-state index contributed by atoms with van der Waals surface area (Å²) in [6.45, 7) is 4.59. The molecule has 2 heteroatoms. The van der Waals surface area contributed by atoms with Crippen LogP contribution in [0.1, 0.15) is 46.0 Å². The zero-order chi connectivity index (χ0) is 10.4. The summed E-state index contributed by atoms with van der Waals surface area (Å²) in [6.07, 6.45) is 9.57. The Labute approximate surface area is 100 Å². The molecular formula is C12H22SSe. The zero-order valence-corrected chi connectivity index (χ0v) is 11.9. The fraction of sp³-hybridized carbons (Fsp3) is 0.833. The Kier molecular flexibility index (Phi) is 6.32. The molecule has 1 rings (SSSR count). The van der Waals surface area contributed by atoms with Gasteiger partial charge in [0.15, 0.2) is 0 Å². The van der Waals surface area contributed by atoms with Gasteiger partial charge in [-0.15, -0.1) is 0 Å². The van der Waals surface area contributed by atoms with Gasteiger partial charge in [-0.05, 0) is 0 Å². The Morgan fingerprint density at radius 1 is 1.36 bits per heavy atom. The van der Waals surface area contributed by atoms with Crippen LogP contribution in [0.25, 0.3) is 0 Å². The quantitative estimate of drug-likeness (QED) is 0.580. The van der Waals surface area contributed by atoms with Crippen LogP contribution in [0.15, 0.2) is 9.88 Å². The van der Waals surface area contributed by atoms with E-state index in [2.05, 4.69) is 32.6 Å². The third-order valence-electron chi connectivity index (χ3n) is 2.59. The molecule has 0 unspecified atom stereocenters. The summed E-state index contributed by atoms with van der Waals surface area (Å²) in [5, 5.41) is 1.34. The normalized spacial score (nSPS) is 20.4. The predicted octanol–water partition coefficient (Wildman–Crippen LogP) is 4.12. The van der Waals surface area contributed by atoms with E-state index in [9.17, 15) is 0 Å². The van der Waals surface area contributed by atoms with Gasteiger partial charge in [-0.2, -0.15) is 0 Å². The molecule has 0 aromatic heterocycles. The molecule has 0 amide bonds. The van der Waals surface area contributed by atoms with Crippen LogP contribution in [-0.2, 0) is 0 Å². The minimum atomic E-state index is 0.634. The van der Waals surface area contributed by atoms with E-state index in [0.717, 1.165) is 11.8 Å². The van der Waals surface area contributed by atoms with Gasteiger partial charge < -0.3 is 0 Å². The van der Waals surface area contributed by atoms with Gasteiger partial charge >= 0.3 is 101 Å². The molecule has 0 saturated heterocycles. The minimum absolute atomic E-state index is 0.634. The molecule has 0 N–H and O–H groups in total. The molecule has 0 heterocycles. The van der Waals surface area contributed by atoms with Crippen molar-refractivity contribution in [3.05, 3.63) is 9.88 Å². The standard InChI is InChI=1S/C12H22SSe/c1-10(2)9-14-12(13)8-11-6-4-3-5-7-11/h8,10-11,13H,3-7,9H2,1-2H3/b12-8+. The Morgan fingerprint density at radius 3 is 2.57 bits per heavy atom. The summed E-state index contributed by atoms with van der Waals surface area (Å²) in [5.41, 5.74) is 0. The average Bonchev–Trinajstić information content (AvgIpc) is 2.16. The SMILES string of the molecule is CC(C)C[Se]/C(S)=C/C1CCCCC1.